The number of unbranched alkanes of at least 4 members (excludes halogenated alkanes) is 13. The summed E-state index contributed by atoms with van der Waals surface area (Å²) >= 11 is 4.03. The van der Waals surface area contributed by atoms with E-state index in [9.17, 15) is 9.59 Å². The average molecular weight is 432 g/mol. The lowest BCUT2D eigenvalue weighted by molar-refractivity contribution is -0.858. The molecule has 172 valence electrons. The summed E-state index contributed by atoms with van der Waals surface area (Å²) in [5, 5.41) is 11.6. The smallest absolute Gasteiger partial charge is 0.326 e. The zero-order valence-electron chi connectivity index (χ0n) is 19.0. The highest BCUT2D eigenvalue weighted by atomic mass is 32.1. The van der Waals surface area contributed by atoms with E-state index in [4.69, 9.17) is 5.11 Å². The largest absolute Gasteiger partial charge is 0.480 e. The quantitative estimate of drug-likeness (QED) is 0.165. The molecule has 6 heteroatoms. The molecular formula is C23H47N2O3S+. The van der Waals surface area contributed by atoms with Crippen molar-refractivity contribution in [2.75, 3.05) is 26.4 Å². The molecule has 0 aliphatic heterocycles. The molecule has 1 atom stereocenters. The van der Waals surface area contributed by atoms with Gasteiger partial charge in [0.15, 0.2) is 0 Å². The van der Waals surface area contributed by atoms with Crippen LogP contribution in [-0.2, 0) is 9.59 Å². The second-order valence-electron chi connectivity index (χ2n) is 8.63. The van der Waals surface area contributed by atoms with E-state index in [0.29, 0.717) is 18.6 Å². The number of carboxylic acids is 1. The maximum absolute atomic E-state index is 11.8. The molecule has 0 fully saturated rings. The van der Waals surface area contributed by atoms with Crippen molar-refractivity contribution in [1.29, 1.82) is 0 Å². The summed E-state index contributed by atoms with van der Waals surface area (Å²) in [5.74, 6) is -0.680. The van der Waals surface area contributed by atoms with Gasteiger partial charge in [0.1, 0.15) is 6.04 Å². The number of aliphatic carboxylic acids is 1. The van der Waals surface area contributed by atoms with Crippen LogP contribution >= 0.6 is 12.6 Å². The van der Waals surface area contributed by atoms with E-state index < -0.39 is 12.0 Å². The second kappa shape index (κ2) is 20.5. The Bertz CT molecular complexity index is 406. The van der Waals surface area contributed by atoms with E-state index >= 15 is 0 Å². The molecule has 5 nitrogen and oxygen atoms in total. The van der Waals surface area contributed by atoms with Gasteiger partial charge in [0.2, 0.25) is 5.91 Å². The van der Waals surface area contributed by atoms with Crippen molar-refractivity contribution in [1.82, 2.24) is 5.32 Å². The highest BCUT2D eigenvalue weighted by molar-refractivity contribution is 7.80. The Labute approximate surface area is 184 Å². The fourth-order valence-electron chi connectivity index (χ4n) is 3.54. The number of carbonyl (C=O) groups is 2. The van der Waals surface area contributed by atoms with Gasteiger partial charge in [-0.15, -0.1) is 0 Å². The summed E-state index contributed by atoms with van der Waals surface area (Å²) in [6.07, 6.45) is 18.8. The summed E-state index contributed by atoms with van der Waals surface area (Å²) in [7, 11) is 4.45. The van der Waals surface area contributed by atoms with Crippen LogP contribution < -0.4 is 10.2 Å². The Morgan fingerprint density at radius 1 is 0.793 bits per heavy atom. The fourth-order valence-corrected chi connectivity index (χ4v) is 3.80. The molecule has 0 aromatic carbocycles. The predicted octanol–water partition coefficient (Wildman–Crippen LogP) is 3.87. The van der Waals surface area contributed by atoms with Crippen molar-refractivity contribution in [2.24, 2.45) is 0 Å². The Hall–Kier alpha value is -0.750. The lowest BCUT2D eigenvalue weighted by atomic mass is 10.0. The van der Waals surface area contributed by atoms with Gasteiger partial charge in [-0.05, 0) is 31.4 Å². The molecule has 0 aromatic rings. The van der Waals surface area contributed by atoms with E-state index in [1.165, 1.54) is 83.6 Å². The highest BCUT2D eigenvalue weighted by Crippen LogP contribution is 2.13. The van der Waals surface area contributed by atoms with Crippen molar-refractivity contribution in [3.05, 3.63) is 0 Å². The Morgan fingerprint density at radius 2 is 1.21 bits per heavy atom. The maximum atomic E-state index is 11.8. The van der Waals surface area contributed by atoms with Gasteiger partial charge in [-0.25, -0.2) is 4.79 Å². The lowest BCUT2D eigenvalue weighted by Crippen LogP contribution is -3.05. The Kier molecular flexibility index (Phi) is 20.0. The first-order valence-corrected chi connectivity index (χ1v) is 12.5. The van der Waals surface area contributed by atoms with Crippen molar-refractivity contribution < 1.29 is 19.6 Å². The van der Waals surface area contributed by atoms with Crippen LogP contribution in [0, 0.1) is 0 Å². The van der Waals surface area contributed by atoms with Gasteiger partial charge in [0.25, 0.3) is 0 Å². The summed E-state index contributed by atoms with van der Waals surface area (Å²) < 4.78 is 0. The van der Waals surface area contributed by atoms with Crippen molar-refractivity contribution in [2.45, 2.75) is 109 Å². The number of carboxylic acid groups (broad SMARTS) is 1. The summed E-state index contributed by atoms with van der Waals surface area (Å²) in [6, 6.07) is -0.802. The minimum absolute atomic E-state index is 0.155. The number of thiol groups is 1. The van der Waals surface area contributed by atoms with E-state index in [1.807, 2.05) is 0 Å². The lowest BCUT2D eigenvalue weighted by Gasteiger charge is -2.13. The third-order valence-corrected chi connectivity index (χ3v) is 5.64. The molecule has 0 bridgehead atoms. The van der Waals surface area contributed by atoms with E-state index in [-0.39, 0.29) is 5.91 Å². The molecule has 0 aliphatic carbocycles. The van der Waals surface area contributed by atoms with Gasteiger partial charge in [0.05, 0.1) is 20.6 Å². The molecule has 0 aromatic heterocycles. The molecule has 0 aliphatic rings. The number of quaternary nitrogens is 1. The predicted molar refractivity (Wildman–Crippen MR) is 125 cm³/mol. The van der Waals surface area contributed by atoms with E-state index in [1.54, 1.807) is 4.90 Å². The average Bonchev–Trinajstić information content (AvgIpc) is 2.67. The Balaban J connectivity index is 3.31. The normalized spacial score (nSPS) is 12.3. The van der Waals surface area contributed by atoms with Crippen LogP contribution in [0.1, 0.15) is 103 Å². The highest BCUT2D eigenvalue weighted by Gasteiger charge is 2.18. The summed E-state index contributed by atoms with van der Waals surface area (Å²) in [4.78, 5) is 24.4. The number of rotatable bonds is 21. The van der Waals surface area contributed by atoms with Crippen molar-refractivity contribution in [3.63, 3.8) is 0 Å². The van der Waals surface area contributed by atoms with Crippen LogP contribution in [0.5, 0.6) is 0 Å². The maximum Gasteiger partial charge on any atom is 0.326 e. The number of amides is 1. The number of hydrogen-bond donors (Lipinski definition) is 4. The van der Waals surface area contributed by atoms with Crippen LogP contribution in [-0.4, -0.2) is 49.4 Å². The van der Waals surface area contributed by atoms with Gasteiger partial charge in [-0.1, -0.05) is 70.6 Å². The molecular weight excluding hydrogens is 384 g/mol. The van der Waals surface area contributed by atoms with Crippen LogP contribution in [0.3, 0.4) is 0 Å². The van der Waals surface area contributed by atoms with E-state index in [0.717, 1.165) is 12.8 Å². The SMILES string of the molecule is C[NH+](C)CCCCCCCCCCCCCCCCC(=O)NC(CCS)C(=O)O. The number of nitrogens with one attached hydrogen (secondary N) is 2. The topological polar surface area (TPSA) is 70.8 Å². The zero-order valence-corrected chi connectivity index (χ0v) is 19.9. The van der Waals surface area contributed by atoms with Crippen molar-refractivity contribution in [3.8, 4) is 0 Å². The van der Waals surface area contributed by atoms with Gasteiger partial charge >= 0.3 is 5.97 Å². The summed E-state index contributed by atoms with van der Waals surface area (Å²) in [5.41, 5.74) is 0. The fraction of sp³-hybridized carbons (Fsp3) is 0.913. The minimum Gasteiger partial charge on any atom is -0.480 e. The second-order valence-corrected chi connectivity index (χ2v) is 9.07. The third-order valence-electron chi connectivity index (χ3n) is 5.38. The third kappa shape index (κ3) is 20.3. The van der Waals surface area contributed by atoms with E-state index in [2.05, 4.69) is 32.0 Å². The van der Waals surface area contributed by atoms with Crippen LogP contribution in [0.2, 0.25) is 0 Å². The number of hydrogen-bond acceptors (Lipinski definition) is 3. The molecule has 0 spiro atoms. The van der Waals surface area contributed by atoms with Gasteiger partial charge < -0.3 is 15.3 Å². The minimum atomic E-state index is -0.978. The van der Waals surface area contributed by atoms with Crippen LogP contribution in [0.25, 0.3) is 0 Å². The van der Waals surface area contributed by atoms with Crippen LogP contribution in [0.15, 0.2) is 0 Å². The molecule has 3 N–H and O–H groups in total. The van der Waals surface area contributed by atoms with Gasteiger partial charge in [0, 0.05) is 6.42 Å². The molecule has 1 amide bonds. The van der Waals surface area contributed by atoms with Gasteiger partial charge in [-0.2, -0.15) is 12.6 Å². The molecule has 29 heavy (non-hydrogen) atoms. The molecule has 0 heterocycles. The molecule has 0 saturated carbocycles. The molecule has 0 saturated heterocycles. The molecule has 1 unspecified atom stereocenters. The molecule has 0 rings (SSSR count). The molecule has 0 radical (unpaired) electrons. The standard InChI is InChI=1S/C23H46N2O3S/c1-25(2)19-16-14-12-10-8-6-4-3-5-7-9-11-13-15-17-22(26)24-21(18-20-29)23(27)28/h21,29H,3-20H2,1-2H3,(H,24,26)(H,27,28)/p+1. The summed E-state index contributed by atoms with van der Waals surface area (Å²) in [6.45, 7) is 1.30. The Morgan fingerprint density at radius 3 is 1.59 bits per heavy atom. The first kappa shape index (κ1) is 28.2. The monoisotopic (exact) mass is 431 g/mol. The van der Waals surface area contributed by atoms with Crippen molar-refractivity contribution >= 4 is 24.5 Å². The van der Waals surface area contributed by atoms with Gasteiger partial charge in [-0.3, -0.25) is 4.79 Å². The first-order chi connectivity index (χ1) is 14.0. The zero-order chi connectivity index (χ0) is 21.7. The number of carbonyl (C=O) groups excluding carboxylic acids is 1. The first-order valence-electron chi connectivity index (χ1n) is 11.9. The van der Waals surface area contributed by atoms with Crippen LogP contribution in [0.4, 0.5) is 0 Å².